The summed E-state index contributed by atoms with van der Waals surface area (Å²) in [7, 11) is 1.67. The second kappa shape index (κ2) is 9.54. The smallest absolute Gasteiger partial charge is 0.434 e. The van der Waals surface area contributed by atoms with Crippen LogP contribution in [0.25, 0.3) is 0 Å². The molecule has 0 spiro atoms. The van der Waals surface area contributed by atoms with Crippen LogP contribution < -0.4 is 10.1 Å². The second-order valence-corrected chi connectivity index (χ2v) is 7.05. The van der Waals surface area contributed by atoms with E-state index in [2.05, 4.69) is 31.7 Å². The highest BCUT2D eigenvalue weighted by Gasteiger charge is 2.41. The number of hydrogen-bond donors (Lipinski definition) is 2. The first-order valence-electron chi connectivity index (χ1n) is 9.33. The van der Waals surface area contributed by atoms with E-state index in [1.807, 2.05) is 0 Å². The fourth-order valence-corrected chi connectivity index (χ4v) is 3.26. The van der Waals surface area contributed by atoms with E-state index in [4.69, 9.17) is 0 Å². The molecule has 7 nitrogen and oxygen atoms in total. The number of ether oxygens (including phenoxy) is 2. The van der Waals surface area contributed by atoms with Gasteiger partial charge in [0.2, 0.25) is 0 Å². The van der Waals surface area contributed by atoms with Crippen molar-refractivity contribution in [2.75, 3.05) is 0 Å². The monoisotopic (exact) mass is 459 g/mol. The van der Waals surface area contributed by atoms with Crippen molar-refractivity contribution < 1.29 is 41.3 Å². The lowest BCUT2D eigenvalue weighted by atomic mass is 10.1. The third kappa shape index (κ3) is 6.41. The molecule has 0 bridgehead atoms. The van der Waals surface area contributed by atoms with Crippen LogP contribution in [0.5, 0.6) is 5.75 Å². The summed E-state index contributed by atoms with van der Waals surface area (Å²) in [6, 6.07) is 2.57. The van der Waals surface area contributed by atoms with E-state index in [1.165, 1.54) is 23.0 Å². The quantitative estimate of drug-likeness (QED) is 0.531. The number of halogens is 5. The van der Waals surface area contributed by atoms with Gasteiger partial charge in [0, 0.05) is 25.2 Å². The van der Waals surface area contributed by atoms with Crippen LogP contribution in [0.2, 0.25) is 0 Å². The van der Waals surface area contributed by atoms with Crippen LogP contribution in [0.1, 0.15) is 34.3 Å². The molecular formula is C20H18F5N3O4. The zero-order chi connectivity index (χ0) is 23.5. The predicted molar refractivity (Wildman–Crippen MR) is 99.7 cm³/mol. The summed E-state index contributed by atoms with van der Waals surface area (Å²) in [5, 5.41) is 16.3. The van der Waals surface area contributed by atoms with Gasteiger partial charge in [-0.05, 0) is 24.6 Å². The summed E-state index contributed by atoms with van der Waals surface area (Å²) in [6.45, 7) is -3.12. The number of aliphatic hydroxyl groups is 1. The van der Waals surface area contributed by atoms with E-state index in [0.717, 1.165) is 6.07 Å². The Morgan fingerprint density at radius 3 is 2.69 bits per heavy atom. The molecule has 3 atom stereocenters. The van der Waals surface area contributed by atoms with Crippen molar-refractivity contribution >= 4 is 5.91 Å². The van der Waals surface area contributed by atoms with Gasteiger partial charge in [0.1, 0.15) is 5.75 Å². The Bertz CT molecular complexity index is 1030. The van der Waals surface area contributed by atoms with Gasteiger partial charge in [-0.3, -0.25) is 14.2 Å². The molecule has 1 saturated carbocycles. The van der Waals surface area contributed by atoms with Gasteiger partial charge >= 0.3 is 13.0 Å². The number of aromatic nitrogens is 2. The summed E-state index contributed by atoms with van der Waals surface area (Å²) in [6.07, 6.45) is -4.88. The number of benzene rings is 1. The van der Waals surface area contributed by atoms with Crippen LogP contribution in [0, 0.1) is 11.8 Å². The van der Waals surface area contributed by atoms with Crippen LogP contribution in [-0.2, 0) is 11.8 Å². The standard InChI is InChI=1S/C20H18F5N3O4/c1-28-10-11(9-26-28)2-3-12-6-13(4-5-17(12)31-19(21)22)18(30)27-15-7-14(8-16(15)29)32-20(23,24)25/h4-6,9-10,14-16,19,29H,7-8H2,1H3,(H,27,30)/t14-,15-,16-/m0/s1. The molecule has 1 aliphatic rings. The lowest BCUT2D eigenvalue weighted by Gasteiger charge is -2.17. The highest BCUT2D eigenvalue weighted by Crippen LogP contribution is 2.30. The highest BCUT2D eigenvalue weighted by atomic mass is 19.4. The average Bonchev–Trinajstić information content (AvgIpc) is 3.24. The minimum atomic E-state index is -4.86. The van der Waals surface area contributed by atoms with Crippen molar-refractivity contribution in [1.29, 1.82) is 0 Å². The first-order valence-corrected chi connectivity index (χ1v) is 9.33. The molecule has 12 heteroatoms. The number of carbonyl (C=O) groups is 1. The van der Waals surface area contributed by atoms with E-state index in [0.29, 0.717) is 5.56 Å². The zero-order valence-corrected chi connectivity index (χ0v) is 16.6. The van der Waals surface area contributed by atoms with Crippen LogP contribution in [0.15, 0.2) is 30.6 Å². The van der Waals surface area contributed by atoms with Crippen LogP contribution in [-0.4, -0.2) is 52.0 Å². The molecule has 2 aromatic rings. The maximum atomic E-state index is 12.7. The molecule has 1 heterocycles. The predicted octanol–water partition coefficient (Wildman–Crippen LogP) is 2.58. The zero-order valence-electron chi connectivity index (χ0n) is 16.6. The van der Waals surface area contributed by atoms with Gasteiger partial charge in [0.05, 0.1) is 35.6 Å². The fourth-order valence-electron chi connectivity index (χ4n) is 3.26. The maximum absolute atomic E-state index is 12.7. The molecular weight excluding hydrogens is 441 g/mol. The minimum Gasteiger partial charge on any atom is -0.434 e. The molecule has 1 aromatic carbocycles. The SMILES string of the molecule is Cn1cc(C#Cc2cc(C(=O)N[C@H]3C[C@H](OC(F)(F)F)C[C@@H]3O)ccc2OC(F)F)cn1. The van der Waals surface area contributed by atoms with Gasteiger partial charge in [-0.25, -0.2) is 0 Å². The van der Waals surface area contributed by atoms with Crippen LogP contribution >= 0.6 is 0 Å². The largest absolute Gasteiger partial charge is 0.522 e. The van der Waals surface area contributed by atoms with E-state index in [1.54, 1.807) is 13.2 Å². The number of rotatable bonds is 5. The molecule has 1 aliphatic carbocycles. The number of nitrogens with one attached hydrogen (secondary N) is 1. The van der Waals surface area contributed by atoms with Crippen molar-refractivity contribution in [2.45, 2.75) is 44.1 Å². The summed E-state index contributed by atoms with van der Waals surface area (Å²) in [5.74, 6) is 4.37. The van der Waals surface area contributed by atoms with Gasteiger partial charge in [0.25, 0.3) is 5.91 Å². The average molecular weight is 459 g/mol. The second-order valence-electron chi connectivity index (χ2n) is 7.05. The first-order chi connectivity index (χ1) is 15.0. The summed E-state index contributed by atoms with van der Waals surface area (Å²) in [4.78, 5) is 12.6. The lowest BCUT2D eigenvalue weighted by Crippen LogP contribution is -2.40. The number of nitrogens with zero attached hydrogens (tertiary/aromatic N) is 2. The fraction of sp³-hybridized carbons (Fsp3) is 0.400. The molecule has 32 heavy (non-hydrogen) atoms. The molecule has 1 fully saturated rings. The number of carbonyl (C=O) groups excluding carboxylic acids is 1. The number of aryl methyl sites for hydroxylation is 1. The Balaban J connectivity index is 1.77. The van der Waals surface area contributed by atoms with Gasteiger partial charge < -0.3 is 15.2 Å². The minimum absolute atomic E-state index is 0.00510. The Kier molecular flexibility index (Phi) is 7.00. The van der Waals surface area contributed by atoms with Crippen molar-refractivity contribution in [3.63, 3.8) is 0 Å². The summed E-state index contributed by atoms with van der Waals surface area (Å²) in [5.41, 5.74) is 0.483. The van der Waals surface area contributed by atoms with Gasteiger partial charge in [-0.1, -0.05) is 11.8 Å². The molecule has 3 rings (SSSR count). The highest BCUT2D eigenvalue weighted by molar-refractivity contribution is 5.95. The Morgan fingerprint density at radius 1 is 1.31 bits per heavy atom. The van der Waals surface area contributed by atoms with Crippen molar-refractivity contribution in [2.24, 2.45) is 7.05 Å². The maximum Gasteiger partial charge on any atom is 0.522 e. The van der Waals surface area contributed by atoms with E-state index >= 15 is 0 Å². The van der Waals surface area contributed by atoms with Crippen molar-refractivity contribution in [3.05, 3.63) is 47.3 Å². The van der Waals surface area contributed by atoms with E-state index < -0.39 is 37.1 Å². The molecule has 0 saturated heterocycles. The number of amides is 1. The third-order valence-corrected chi connectivity index (χ3v) is 4.61. The molecule has 1 aromatic heterocycles. The lowest BCUT2D eigenvalue weighted by molar-refractivity contribution is -0.342. The molecule has 172 valence electrons. The van der Waals surface area contributed by atoms with E-state index in [9.17, 15) is 31.9 Å². The molecule has 0 aliphatic heterocycles. The first kappa shape index (κ1) is 23.5. The summed E-state index contributed by atoms with van der Waals surface area (Å²) < 4.78 is 72.4. The molecule has 0 radical (unpaired) electrons. The number of hydrogen-bond acceptors (Lipinski definition) is 5. The van der Waals surface area contributed by atoms with Crippen molar-refractivity contribution in [1.82, 2.24) is 15.1 Å². The van der Waals surface area contributed by atoms with Crippen molar-refractivity contribution in [3.8, 4) is 17.6 Å². The topological polar surface area (TPSA) is 85.6 Å². The Labute approximate surface area is 179 Å². The molecule has 0 unspecified atom stereocenters. The number of alkyl halides is 5. The van der Waals surface area contributed by atoms with E-state index in [-0.39, 0.29) is 29.7 Å². The number of aliphatic hydroxyl groups excluding tert-OH is 1. The normalized spacial score (nSPS) is 20.7. The van der Waals surface area contributed by atoms with Crippen LogP contribution in [0.3, 0.4) is 0 Å². The Hall–Kier alpha value is -3.17. The van der Waals surface area contributed by atoms with Gasteiger partial charge in [-0.2, -0.15) is 13.9 Å². The Morgan fingerprint density at radius 2 is 2.06 bits per heavy atom. The molecule has 1 amide bonds. The van der Waals surface area contributed by atoms with Gasteiger partial charge in [0.15, 0.2) is 0 Å². The van der Waals surface area contributed by atoms with Gasteiger partial charge in [-0.15, -0.1) is 13.2 Å². The third-order valence-electron chi connectivity index (χ3n) is 4.61. The van der Waals surface area contributed by atoms with Crippen LogP contribution in [0.4, 0.5) is 22.0 Å². The summed E-state index contributed by atoms with van der Waals surface area (Å²) >= 11 is 0. The molecule has 2 N–H and O–H groups in total.